The average Bonchev–Trinajstić information content (AvgIpc) is 3.03. The zero-order chi connectivity index (χ0) is 11.0. The molecule has 0 bridgehead atoms. The van der Waals surface area contributed by atoms with Crippen LogP contribution in [0.4, 0.5) is 5.82 Å². The third-order valence-corrected chi connectivity index (χ3v) is 3.39. The second-order valence-corrected chi connectivity index (χ2v) is 4.74. The molecule has 0 N–H and O–H groups in total. The molecule has 0 aromatic carbocycles. The number of nitrogens with zero attached hydrogens (tertiary/aromatic N) is 3. The monoisotopic (exact) mass is 245 g/mol. The van der Waals surface area contributed by atoms with Gasteiger partial charge in [-0.25, -0.2) is 4.98 Å². The highest BCUT2D eigenvalue weighted by atomic mass is 35.5. The Kier molecular flexibility index (Phi) is 3.03. The summed E-state index contributed by atoms with van der Waals surface area (Å²) < 4.78 is 0. The summed E-state index contributed by atoms with van der Waals surface area (Å²) in [6.45, 7) is 2.18. The van der Waals surface area contributed by atoms with E-state index in [0.717, 1.165) is 11.7 Å². The summed E-state index contributed by atoms with van der Waals surface area (Å²) in [6.07, 6.45) is 4.13. The lowest BCUT2D eigenvalue weighted by molar-refractivity contribution is 0.603. The highest BCUT2D eigenvalue weighted by molar-refractivity contribution is 6.33. The molecule has 1 saturated carbocycles. The maximum atomic E-state index is 6.03. The van der Waals surface area contributed by atoms with E-state index < -0.39 is 0 Å². The molecular weight excluding hydrogens is 233 g/mol. The summed E-state index contributed by atoms with van der Waals surface area (Å²) in [4.78, 5) is 10.1. The van der Waals surface area contributed by atoms with Crippen LogP contribution in [0, 0.1) is 5.92 Å². The van der Waals surface area contributed by atoms with E-state index in [0.29, 0.717) is 11.1 Å². The number of hydrogen-bond acceptors (Lipinski definition) is 3. The Labute approximate surface area is 99.4 Å². The Balaban J connectivity index is 2.23. The van der Waals surface area contributed by atoms with Crippen LogP contribution in [0.5, 0.6) is 0 Å². The molecular formula is C10H13Cl2N3. The van der Waals surface area contributed by atoms with Gasteiger partial charge in [-0.3, -0.25) is 0 Å². The van der Waals surface area contributed by atoms with Crippen LogP contribution in [0.15, 0.2) is 6.20 Å². The molecule has 15 heavy (non-hydrogen) atoms. The number of rotatable bonds is 3. The van der Waals surface area contributed by atoms with Crippen molar-refractivity contribution in [1.82, 2.24) is 9.97 Å². The Morgan fingerprint density at radius 2 is 2.13 bits per heavy atom. The molecule has 1 aromatic rings. The molecule has 1 aromatic heterocycles. The van der Waals surface area contributed by atoms with Crippen LogP contribution >= 0.6 is 23.2 Å². The van der Waals surface area contributed by atoms with E-state index in [-0.39, 0.29) is 5.28 Å². The first-order chi connectivity index (χ1) is 7.09. The van der Waals surface area contributed by atoms with Crippen LogP contribution in [0.3, 0.4) is 0 Å². The van der Waals surface area contributed by atoms with E-state index in [1.54, 1.807) is 6.20 Å². The lowest BCUT2D eigenvalue weighted by atomic mass is 10.2. The Bertz CT molecular complexity index is 366. The van der Waals surface area contributed by atoms with E-state index in [9.17, 15) is 0 Å². The number of hydrogen-bond donors (Lipinski definition) is 0. The van der Waals surface area contributed by atoms with Crippen LogP contribution in [0.2, 0.25) is 10.3 Å². The van der Waals surface area contributed by atoms with Crippen LogP contribution in [-0.4, -0.2) is 23.1 Å². The molecule has 1 unspecified atom stereocenters. The predicted molar refractivity (Wildman–Crippen MR) is 62.6 cm³/mol. The van der Waals surface area contributed by atoms with E-state index >= 15 is 0 Å². The van der Waals surface area contributed by atoms with Crippen molar-refractivity contribution in [2.75, 3.05) is 11.9 Å². The van der Waals surface area contributed by atoms with Gasteiger partial charge in [0.05, 0.1) is 6.20 Å². The Morgan fingerprint density at radius 1 is 1.47 bits per heavy atom. The van der Waals surface area contributed by atoms with Crippen molar-refractivity contribution in [3.63, 3.8) is 0 Å². The molecule has 0 aliphatic heterocycles. The summed E-state index contributed by atoms with van der Waals surface area (Å²) in [5, 5.41) is 0.790. The van der Waals surface area contributed by atoms with Crippen molar-refractivity contribution in [3.8, 4) is 0 Å². The predicted octanol–water partition coefficient (Wildman–Crippen LogP) is 3.02. The van der Waals surface area contributed by atoms with E-state index in [1.165, 1.54) is 12.8 Å². The maximum absolute atomic E-state index is 6.03. The lowest BCUT2D eigenvalue weighted by Crippen LogP contribution is -2.31. The minimum atomic E-state index is 0.240. The molecule has 0 saturated heterocycles. The van der Waals surface area contributed by atoms with Gasteiger partial charge in [0.25, 0.3) is 0 Å². The van der Waals surface area contributed by atoms with Crippen molar-refractivity contribution < 1.29 is 0 Å². The van der Waals surface area contributed by atoms with Gasteiger partial charge in [0.15, 0.2) is 5.82 Å². The third kappa shape index (κ3) is 2.34. The van der Waals surface area contributed by atoms with Crippen LogP contribution in [0.25, 0.3) is 0 Å². The van der Waals surface area contributed by atoms with Gasteiger partial charge in [-0.1, -0.05) is 11.6 Å². The molecule has 3 nitrogen and oxygen atoms in total. The molecule has 0 amide bonds. The lowest BCUT2D eigenvalue weighted by Gasteiger charge is -2.26. The summed E-state index contributed by atoms with van der Waals surface area (Å²) in [6, 6.07) is 0.452. The molecule has 2 rings (SSSR count). The highest BCUT2D eigenvalue weighted by Crippen LogP contribution is 2.37. The fourth-order valence-electron chi connectivity index (χ4n) is 1.67. The zero-order valence-corrected chi connectivity index (χ0v) is 10.3. The highest BCUT2D eigenvalue weighted by Gasteiger charge is 2.31. The zero-order valence-electron chi connectivity index (χ0n) is 8.74. The standard InChI is InChI=1S/C10H13Cl2N3/c1-6(7-3-4-7)15(2)9-8(11)5-13-10(12)14-9/h5-7H,3-4H2,1-2H3. The molecule has 5 heteroatoms. The Hall–Kier alpha value is -0.540. The van der Waals surface area contributed by atoms with Crippen molar-refractivity contribution in [1.29, 1.82) is 0 Å². The van der Waals surface area contributed by atoms with Crippen molar-refractivity contribution in [3.05, 3.63) is 16.5 Å². The first-order valence-corrected chi connectivity index (χ1v) is 5.76. The molecule has 1 fully saturated rings. The van der Waals surface area contributed by atoms with Gasteiger partial charge in [0, 0.05) is 13.1 Å². The number of anilines is 1. The third-order valence-electron chi connectivity index (χ3n) is 2.95. The topological polar surface area (TPSA) is 29.0 Å². The maximum Gasteiger partial charge on any atom is 0.224 e. The number of aromatic nitrogens is 2. The quantitative estimate of drug-likeness (QED) is 0.767. The summed E-state index contributed by atoms with van der Waals surface area (Å²) in [5.74, 6) is 1.48. The van der Waals surface area contributed by atoms with Crippen molar-refractivity contribution in [2.45, 2.75) is 25.8 Å². The van der Waals surface area contributed by atoms with E-state index in [1.807, 2.05) is 7.05 Å². The van der Waals surface area contributed by atoms with Gasteiger partial charge in [-0.2, -0.15) is 4.98 Å². The SMILES string of the molecule is CC(C1CC1)N(C)c1nc(Cl)ncc1Cl. The fourth-order valence-corrected chi connectivity index (χ4v) is 2.03. The minimum Gasteiger partial charge on any atom is -0.355 e. The molecule has 0 radical (unpaired) electrons. The van der Waals surface area contributed by atoms with E-state index in [4.69, 9.17) is 23.2 Å². The van der Waals surface area contributed by atoms with Gasteiger partial charge in [0.2, 0.25) is 5.28 Å². The number of halogens is 2. The van der Waals surface area contributed by atoms with Gasteiger partial charge >= 0.3 is 0 Å². The first kappa shape index (κ1) is 11.0. The van der Waals surface area contributed by atoms with E-state index in [2.05, 4.69) is 21.8 Å². The molecule has 1 aliphatic carbocycles. The minimum absolute atomic E-state index is 0.240. The second kappa shape index (κ2) is 4.14. The molecule has 82 valence electrons. The average molecular weight is 246 g/mol. The summed E-state index contributed by atoms with van der Waals surface area (Å²) >= 11 is 11.8. The van der Waals surface area contributed by atoms with Gasteiger partial charge in [-0.05, 0) is 37.3 Å². The molecule has 1 heterocycles. The second-order valence-electron chi connectivity index (χ2n) is 4.00. The molecule has 0 spiro atoms. The fraction of sp³-hybridized carbons (Fsp3) is 0.600. The summed E-state index contributed by atoms with van der Waals surface area (Å²) in [7, 11) is 1.99. The van der Waals surface area contributed by atoms with Crippen LogP contribution < -0.4 is 4.90 Å². The van der Waals surface area contributed by atoms with Crippen LogP contribution in [0.1, 0.15) is 19.8 Å². The van der Waals surface area contributed by atoms with Crippen LogP contribution in [-0.2, 0) is 0 Å². The van der Waals surface area contributed by atoms with Gasteiger partial charge in [-0.15, -0.1) is 0 Å². The molecule has 1 aliphatic rings. The normalized spacial score (nSPS) is 17.6. The largest absolute Gasteiger partial charge is 0.355 e. The molecule has 1 atom stereocenters. The summed E-state index contributed by atoms with van der Waals surface area (Å²) in [5.41, 5.74) is 0. The van der Waals surface area contributed by atoms with Crippen molar-refractivity contribution >= 4 is 29.0 Å². The van der Waals surface area contributed by atoms with Gasteiger partial charge < -0.3 is 4.90 Å². The first-order valence-electron chi connectivity index (χ1n) is 5.00. The van der Waals surface area contributed by atoms with Crippen molar-refractivity contribution in [2.24, 2.45) is 5.92 Å². The smallest absolute Gasteiger partial charge is 0.224 e. The Morgan fingerprint density at radius 3 is 2.73 bits per heavy atom. The van der Waals surface area contributed by atoms with Gasteiger partial charge in [0.1, 0.15) is 5.02 Å².